The van der Waals surface area contributed by atoms with Crippen LogP contribution in [0, 0.1) is 0 Å². The van der Waals surface area contributed by atoms with Crippen molar-refractivity contribution in [3.8, 4) is 0 Å². The second-order valence-corrected chi connectivity index (χ2v) is 7.55. The van der Waals surface area contributed by atoms with Crippen LogP contribution in [-0.4, -0.2) is 33.4 Å². The van der Waals surface area contributed by atoms with Gasteiger partial charge in [-0.1, -0.05) is 6.92 Å². The van der Waals surface area contributed by atoms with E-state index < -0.39 is 0 Å². The highest BCUT2D eigenvalue weighted by molar-refractivity contribution is 7.12. The van der Waals surface area contributed by atoms with Gasteiger partial charge in [0.05, 0.1) is 10.9 Å². The SMILES string of the molecule is CCc1nccn1[C@H]1CCCN(C(=O)c2sccc2C2CC2)C1. The van der Waals surface area contributed by atoms with Crippen molar-refractivity contribution in [1.29, 1.82) is 0 Å². The lowest BCUT2D eigenvalue weighted by Crippen LogP contribution is -2.40. The zero-order valence-electron chi connectivity index (χ0n) is 13.6. The van der Waals surface area contributed by atoms with Gasteiger partial charge < -0.3 is 9.47 Å². The van der Waals surface area contributed by atoms with Crippen molar-refractivity contribution in [3.63, 3.8) is 0 Å². The average Bonchev–Trinajstić information content (AvgIpc) is 3.14. The quantitative estimate of drug-likeness (QED) is 0.854. The summed E-state index contributed by atoms with van der Waals surface area (Å²) in [6.07, 6.45) is 9.58. The van der Waals surface area contributed by atoms with Gasteiger partial charge in [-0.15, -0.1) is 11.3 Å². The molecule has 1 atom stereocenters. The summed E-state index contributed by atoms with van der Waals surface area (Å²) in [6, 6.07) is 2.52. The van der Waals surface area contributed by atoms with E-state index in [0.717, 1.165) is 43.1 Å². The third-order valence-electron chi connectivity index (χ3n) is 5.05. The van der Waals surface area contributed by atoms with E-state index in [2.05, 4.69) is 39.0 Å². The molecule has 1 saturated carbocycles. The van der Waals surface area contributed by atoms with Gasteiger partial charge in [0.25, 0.3) is 5.91 Å². The molecule has 3 heterocycles. The van der Waals surface area contributed by atoms with Crippen LogP contribution in [0.4, 0.5) is 0 Å². The Labute approximate surface area is 141 Å². The van der Waals surface area contributed by atoms with Crippen molar-refractivity contribution in [2.75, 3.05) is 13.1 Å². The molecule has 122 valence electrons. The van der Waals surface area contributed by atoms with Crippen LogP contribution >= 0.6 is 11.3 Å². The molecule has 0 unspecified atom stereocenters. The minimum atomic E-state index is 0.241. The summed E-state index contributed by atoms with van der Waals surface area (Å²) in [5.41, 5.74) is 1.29. The van der Waals surface area contributed by atoms with Crippen LogP contribution in [0.15, 0.2) is 23.8 Å². The first kappa shape index (κ1) is 14.9. The number of imidazole rings is 1. The zero-order chi connectivity index (χ0) is 15.8. The molecular weight excluding hydrogens is 306 g/mol. The predicted molar refractivity (Wildman–Crippen MR) is 92.1 cm³/mol. The molecule has 1 aliphatic heterocycles. The number of carbonyl (C=O) groups is 1. The van der Waals surface area contributed by atoms with Gasteiger partial charge in [-0.2, -0.15) is 0 Å². The Morgan fingerprint density at radius 1 is 1.39 bits per heavy atom. The molecule has 2 aromatic heterocycles. The Morgan fingerprint density at radius 2 is 2.26 bits per heavy atom. The fourth-order valence-electron chi connectivity index (χ4n) is 3.67. The summed E-state index contributed by atoms with van der Waals surface area (Å²) in [6.45, 7) is 3.83. The lowest BCUT2D eigenvalue weighted by atomic mass is 10.0. The van der Waals surface area contributed by atoms with Crippen molar-refractivity contribution < 1.29 is 4.79 Å². The molecule has 0 N–H and O–H groups in total. The average molecular weight is 329 g/mol. The number of thiophene rings is 1. The van der Waals surface area contributed by atoms with Crippen LogP contribution in [0.1, 0.15) is 65.6 Å². The molecule has 1 aliphatic carbocycles. The highest BCUT2D eigenvalue weighted by Gasteiger charge is 2.32. The van der Waals surface area contributed by atoms with Crippen LogP contribution in [0.5, 0.6) is 0 Å². The Morgan fingerprint density at radius 3 is 3.04 bits per heavy atom. The summed E-state index contributed by atoms with van der Waals surface area (Å²) in [7, 11) is 0. The van der Waals surface area contributed by atoms with Gasteiger partial charge in [-0.05, 0) is 48.6 Å². The van der Waals surface area contributed by atoms with E-state index in [1.165, 1.54) is 18.4 Å². The lowest BCUT2D eigenvalue weighted by molar-refractivity contribution is 0.0682. The second kappa shape index (κ2) is 6.11. The van der Waals surface area contributed by atoms with E-state index >= 15 is 0 Å². The summed E-state index contributed by atoms with van der Waals surface area (Å²) < 4.78 is 2.27. The number of aromatic nitrogens is 2. The van der Waals surface area contributed by atoms with Gasteiger partial charge in [0.2, 0.25) is 0 Å². The topological polar surface area (TPSA) is 38.1 Å². The number of hydrogen-bond acceptors (Lipinski definition) is 3. The van der Waals surface area contributed by atoms with Gasteiger partial charge >= 0.3 is 0 Å². The molecular formula is C18H23N3OS. The molecule has 2 aromatic rings. The Hall–Kier alpha value is -1.62. The van der Waals surface area contributed by atoms with Gasteiger partial charge in [-0.3, -0.25) is 4.79 Å². The number of hydrogen-bond donors (Lipinski definition) is 0. The maximum absolute atomic E-state index is 13.0. The number of amides is 1. The van der Waals surface area contributed by atoms with Crippen LogP contribution in [-0.2, 0) is 6.42 Å². The first-order valence-corrected chi connectivity index (χ1v) is 9.54. The van der Waals surface area contributed by atoms with Crippen molar-refractivity contribution in [2.45, 2.75) is 51.0 Å². The largest absolute Gasteiger partial charge is 0.336 e. The molecule has 4 rings (SSSR count). The first-order chi connectivity index (χ1) is 11.3. The molecule has 0 bridgehead atoms. The highest BCUT2D eigenvalue weighted by atomic mass is 32.1. The molecule has 0 aromatic carbocycles. The molecule has 5 heteroatoms. The lowest BCUT2D eigenvalue weighted by Gasteiger charge is -2.34. The van der Waals surface area contributed by atoms with E-state index in [1.807, 2.05) is 6.20 Å². The van der Waals surface area contributed by atoms with Gasteiger partial charge in [0.15, 0.2) is 0 Å². The first-order valence-electron chi connectivity index (χ1n) is 8.66. The van der Waals surface area contributed by atoms with Crippen LogP contribution < -0.4 is 0 Å². The van der Waals surface area contributed by atoms with Crippen LogP contribution in [0.2, 0.25) is 0 Å². The number of rotatable bonds is 4. The van der Waals surface area contributed by atoms with Crippen molar-refractivity contribution >= 4 is 17.2 Å². The van der Waals surface area contributed by atoms with E-state index in [0.29, 0.717) is 12.0 Å². The van der Waals surface area contributed by atoms with E-state index in [1.54, 1.807) is 11.3 Å². The normalized spacial score (nSPS) is 21.6. The van der Waals surface area contributed by atoms with Crippen LogP contribution in [0.25, 0.3) is 0 Å². The molecule has 2 aliphatic rings. The minimum absolute atomic E-state index is 0.241. The summed E-state index contributed by atoms with van der Waals surface area (Å²) in [5.74, 6) is 2.00. The molecule has 0 spiro atoms. The number of nitrogens with zero attached hydrogens (tertiary/aromatic N) is 3. The van der Waals surface area contributed by atoms with Gasteiger partial charge in [0.1, 0.15) is 5.82 Å². The third kappa shape index (κ3) is 2.82. The monoisotopic (exact) mass is 329 g/mol. The summed E-state index contributed by atoms with van der Waals surface area (Å²) >= 11 is 1.62. The highest BCUT2D eigenvalue weighted by Crippen LogP contribution is 2.43. The third-order valence-corrected chi connectivity index (χ3v) is 5.97. The van der Waals surface area contributed by atoms with Crippen molar-refractivity contribution in [3.05, 3.63) is 40.1 Å². The van der Waals surface area contributed by atoms with Crippen LogP contribution in [0.3, 0.4) is 0 Å². The van der Waals surface area contributed by atoms with E-state index in [9.17, 15) is 4.79 Å². The Balaban J connectivity index is 1.52. The Kier molecular flexibility index (Phi) is 3.97. The maximum Gasteiger partial charge on any atom is 0.264 e. The fourth-order valence-corrected chi connectivity index (χ4v) is 4.62. The minimum Gasteiger partial charge on any atom is -0.336 e. The van der Waals surface area contributed by atoms with Gasteiger partial charge in [0, 0.05) is 31.9 Å². The molecule has 0 radical (unpaired) electrons. The molecule has 23 heavy (non-hydrogen) atoms. The van der Waals surface area contributed by atoms with Crippen molar-refractivity contribution in [1.82, 2.24) is 14.5 Å². The van der Waals surface area contributed by atoms with E-state index in [4.69, 9.17) is 0 Å². The number of piperidine rings is 1. The maximum atomic E-state index is 13.0. The summed E-state index contributed by atoms with van der Waals surface area (Å²) in [4.78, 5) is 20.5. The Bertz CT molecular complexity index is 701. The fraction of sp³-hybridized carbons (Fsp3) is 0.556. The molecule has 1 amide bonds. The number of aryl methyl sites for hydroxylation is 1. The standard InChI is InChI=1S/C18H23N3OS/c1-2-16-19-8-10-21(16)14-4-3-9-20(12-14)18(22)17-15(7-11-23-17)13-5-6-13/h7-8,10-11,13-14H,2-6,9,12H2,1H3/t14-/m0/s1. The second-order valence-electron chi connectivity index (χ2n) is 6.63. The summed E-state index contributed by atoms with van der Waals surface area (Å²) in [5, 5.41) is 2.08. The smallest absolute Gasteiger partial charge is 0.264 e. The molecule has 1 saturated heterocycles. The van der Waals surface area contributed by atoms with Gasteiger partial charge in [-0.25, -0.2) is 4.98 Å². The molecule has 2 fully saturated rings. The number of likely N-dealkylation sites (tertiary alicyclic amines) is 1. The zero-order valence-corrected chi connectivity index (χ0v) is 14.4. The van der Waals surface area contributed by atoms with E-state index in [-0.39, 0.29) is 5.91 Å². The molecule has 4 nitrogen and oxygen atoms in total. The van der Waals surface area contributed by atoms with Crippen molar-refractivity contribution in [2.24, 2.45) is 0 Å². The number of carbonyl (C=O) groups excluding carboxylic acids is 1. The predicted octanol–water partition coefficient (Wildman–Crippen LogP) is 3.86.